The van der Waals surface area contributed by atoms with Crippen molar-refractivity contribution in [1.82, 2.24) is 0 Å². The second-order valence-corrected chi connectivity index (χ2v) is 9.63. The molecule has 0 amide bonds. The average Bonchev–Trinajstić information content (AvgIpc) is 3.34. The summed E-state index contributed by atoms with van der Waals surface area (Å²) in [4.78, 5) is 0. The Bertz CT molecular complexity index is 529. The minimum atomic E-state index is 0. The van der Waals surface area contributed by atoms with Gasteiger partial charge in [0.1, 0.15) is 0 Å². The van der Waals surface area contributed by atoms with Gasteiger partial charge < -0.3 is 31.2 Å². The molecule has 0 radical (unpaired) electrons. The van der Waals surface area contributed by atoms with Crippen LogP contribution in [0.4, 0.5) is 0 Å². The van der Waals surface area contributed by atoms with Crippen LogP contribution in [0.3, 0.4) is 0 Å². The van der Waals surface area contributed by atoms with Crippen LogP contribution in [0.25, 0.3) is 0 Å². The molecule has 0 aromatic heterocycles. The first-order valence-corrected chi connectivity index (χ1v) is 11.6. The van der Waals surface area contributed by atoms with Crippen LogP contribution >= 0.6 is 0 Å². The molecule has 0 aliphatic heterocycles. The van der Waals surface area contributed by atoms with E-state index in [4.69, 9.17) is 0 Å². The summed E-state index contributed by atoms with van der Waals surface area (Å²) in [5, 5.41) is 0. The van der Waals surface area contributed by atoms with Crippen LogP contribution in [0, 0.1) is 36.2 Å². The molecule has 27 heavy (non-hydrogen) atoms. The van der Waals surface area contributed by atoms with Gasteiger partial charge in [-0.25, -0.2) is 12.2 Å². The van der Waals surface area contributed by atoms with Crippen LogP contribution in [0.15, 0.2) is 42.5 Å². The van der Waals surface area contributed by atoms with Crippen molar-refractivity contribution in [1.29, 1.82) is 0 Å². The number of rotatable bonds is 0. The molecule has 148 valence electrons. The van der Waals surface area contributed by atoms with Crippen molar-refractivity contribution in [2.45, 2.75) is 64.2 Å². The first kappa shape index (κ1) is 25.3. The van der Waals surface area contributed by atoms with E-state index in [-0.39, 0.29) is 24.8 Å². The van der Waals surface area contributed by atoms with E-state index in [1.165, 1.54) is 57.8 Å². The molecule has 0 saturated heterocycles. The molecule has 5 aliphatic rings. The van der Waals surface area contributed by atoms with Crippen molar-refractivity contribution in [2.75, 3.05) is 0 Å². The molecule has 0 nitrogen and oxygen atoms in total. The fraction of sp³-hybridized carbons (Fsp3) is 0.583. The summed E-state index contributed by atoms with van der Waals surface area (Å²) in [5.74, 6) is 3.56. The van der Waals surface area contributed by atoms with E-state index in [9.17, 15) is 0 Å². The second-order valence-electron chi connectivity index (χ2n) is 7.90. The average molecular weight is 483 g/mol. The van der Waals surface area contributed by atoms with Crippen LogP contribution in [0.5, 0.6) is 0 Å². The van der Waals surface area contributed by atoms with E-state index in [0.29, 0.717) is 0 Å². The molecule has 0 heterocycles. The Balaban J connectivity index is 0.000000223. The number of hydrogen-bond acceptors (Lipinski definition) is 0. The summed E-state index contributed by atoms with van der Waals surface area (Å²) in [5.41, 5.74) is 0. The van der Waals surface area contributed by atoms with Crippen LogP contribution in [-0.2, 0) is 24.2 Å². The summed E-state index contributed by atoms with van der Waals surface area (Å²) in [6.45, 7) is 0. The van der Waals surface area contributed by atoms with Gasteiger partial charge in [-0.1, -0.05) is 49.8 Å². The Morgan fingerprint density at radius 2 is 1.63 bits per heavy atom. The van der Waals surface area contributed by atoms with Gasteiger partial charge in [0.25, 0.3) is 0 Å². The van der Waals surface area contributed by atoms with Gasteiger partial charge >= 0.3 is 59.5 Å². The van der Waals surface area contributed by atoms with E-state index in [2.05, 4.69) is 42.9 Å². The van der Waals surface area contributed by atoms with Crippen LogP contribution in [0.2, 0.25) is 0 Å². The van der Waals surface area contributed by atoms with Crippen molar-refractivity contribution in [3.05, 3.63) is 55.0 Å². The normalized spacial score (nSPS) is 32.0. The van der Waals surface area contributed by atoms with E-state index >= 15 is 0 Å². The fourth-order valence-corrected chi connectivity index (χ4v) is 5.64. The molecule has 0 aromatic rings. The van der Waals surface area contributed by atoms with Gasteiger partial charge in [-0.15, -0.1) is 18.4 Å². The maximum absolute atomic E-state index is 2.99. The number of fused-ring (bicyclic) bond motifs is 3. The Labute approximate surface area is 194 Å². The molecule has 0 bridgehead atoms. The van der Waals surface area contributed by atoms with Gasteiger partial charge in [-0.2, -0.15) is 12.0 Å². The van der Waals surface area contributed by atoms with Crippen molar-refractivity contribution >= 4 is 3.21 Å². The quantitative estimate of drug-likeness (QED) is 0.438. The first-order valence-electron chi connectivity index (χ1n) is 10.3. The van der Waals surface area contributed by atoms with Crippen molar-refractivity contribution in [2.24, 2.45) is 23.7 Å². The predicted molar refractivity (Wildman–Crippen MR) is 105 cm³/mol. The zero-order valence-electron chi connectivity index (χ0n) is 16.3. The molecule has 4 unspecified atom stereocenters. The van der Waals surface area contributed by atoms with Crippen molar-refractivity contribution in [3.8, 4) is 0 Å². The number of halogens is 2. The summed E-state index contributed by atoms with van der Waals surface area (Å²) in [6.07, 6.45) is 35.1. The SMILES string of the molecule is C1=CC2[CH-]C3CCCCC3C2C=C1.[C-]1=CC=CC1.[Cl-].[Cl-].[Zr+2]=[C]1CCCCC1. The zero-order valence-corrected chi connectivity index (χ0v) is 20.2. The number of hydrogen-bond donors (Lipinski definition) is 0. The van der Waals surface area contributed by atoms with Gasteiger partial charge in [0, 0.05) is 0 Å². The van der Waals surface area contributed by atoms with E-state index in [1.54, 1.807) is 27.4 Å². The van der Waals surface area contributed by atoms with Gasteiger partial charge in [0.15, 0.2) is 0 Å². The molecular weight excluding hydrogens is 450 g/mol. The summed E-state index contributed by atoms with van der Waals surface area (Å²) in [7, 11) is 0. The monoisotopic (exact) mass is 480 g/mol. The second kappa shape index (κ2) is 14.3. The molecule has 3 heteroatoms. The number of allylic oxidation sites excluding steroid dienone is 8. The Morgan fingerprint density at radius 3 is 2.22 bits per heavy atom. The fourth-order valence-electron chi connectivity index (χ4n) is 4.77. The maximum atomic E-state index is 2.99. The van der Waals surface area contributed by atoms with E-state index in [0.717, 1.165) is 30.1 Å². The molecule has 0 N–H and O–H groups in total. The Morgan fingerprint density at radius 1 is 0.889 bits per heavy atom. The minimum absolute atomic E-state index is 0. The third-order valence-corrected chi connectivity index (χ3v) is 7.33. The van der Waals surface area contributed by atoms with E-state index in [1.807, 2.05) is 12.2 Å². The molecule has 5 rings (SSSR count). The van der Waals surface area contributed by atoms with Gasteiger partial charge in [-0.3, -0.25) is 6.08 Å². The van der Waals surface area contributed by atoms with Gasteiger partial charge in [-0.05, 0) is 5.92 Å². The summed E-state index contributed by atoms with van der Waals surface area (Å²) < 4.78 is 1.80. The molecule has 3 saturated carbocycles. The van der Waals surface area contributed by atoms with Gasteiger partial charge in [0.2, 0.25) is 0 Å². The van der Waals surface area contributed by atoms with E-state index < -0.39 is 0 Å². The third-order valence-electron chi connectivity index (χ3n) is 6.10. The predicted octanol–water partition coefficient (Wildman–Crippen LogP) is 0.352. The Kier molecular flexibility index (Phi) is 13.4. The standard InChI is InChI=1S/C13H17.C6H10.C5H5.2ClH.Zr/c1-3-7-12-10(5-1)9-11-6-2-4-8-13(11)12;1-2-4-6-5-3-1;1-2-4-5-3-1;;;/h1,3,5,7,9-13H,2,4,6,8H2;1-5H2;1-3H,4H2;2*1H;/q-1;;-1;;;+2/p-2. The first-order chi connectivity index (χ1) is 12.3. The van der Waals surface area contributed by atoms with Gasteiger partial charge in [0.05, 0.1) is 0 Å². The molecular formula is C24H32Cl2Zr-2. The van der Waals surface area contributed by atoms with Crippen LogP contribution in [0.1, 0.15) is 64.2 Å². The zero-order chi connectivity index (χ0) is 17.3. The molecule has 4 atom stereocenters. The van der Waals surface area contributed by atoms with Crippen molar-refractivity contribution in [3.63, 3.8) is 0 Å². The molecule has 0 spiro atoms. The van der Waals surface area contributed by atoms with Crippen LogP contribution in [-0.4, -0.2) is 3.21 Å². The summed E-state index contributed by atoms with van der Waals surface area (Å²) in [6, 6.07) is 0. The molecule has 0 aromatic carbocycles. The molecule has 3 fully saturated rings. The summed E-state index contributed by atoms with van der Waals surface area (Å²) >= 11 is 1.69. The molecule has 5 aliphatic carbocycles. The van der Waals surface area contributed by atoms with Crippen LogP contribution < -0.4 is 24.8 Å². The Hall–Kier alpha value is 0.293. The van der Waals surface area contributed by atoms with Crippen molar-refractivity contribution < 1.29 is 49.0 Å². The third kappa shape index (κ3) is 8.28. The topological polar surface area (TPSA) is 0 Å².